The summed E-state index contributed by atoms with van der Waals surface area (Å²) in [6.07, 6.45) is -0.386. The number of carbonyl (C=O) groups excluding carboxylic acids is 2. The zero-order valence-corrected chi connectivity index (χ0v) is 11.0. The average Bonchev–Trinajstić information content (AvgIpc) is 2.34. The second-order valence-corrected chi connectivity index (χ2v) is 4.31. The van der Waals surface area contributed by atoms with Gasteiger partial charge in [0.15, 0.2) is 0 Å². The van der Waals surface area contributed by atoms with Gasteiger partial charge in [0.2, 0.25) is 0 Å². The number of Topliss-reactive ketones (excluding diaryl/α,β-unsaturated/α-hetero) is 1. The van der Waals surface area contributed by atoms with Crippen LogP contribution < -0.4 is 5.32 Å². The van der Waals surface area contributed by atoms with Crippen molar-refractivity contribution in [1.82, 2.24) is 5.32 Å². The molecule has 0 saturated carbocycles. The number of hydrogen-bond acceptors (Lipinski definition) is 4. The summed E-state index contributed by atoms with van der Waals surface area (Å²) in [5.74, 6) is -0.281. The number of hydrogen-bond donors (Lipinski definition) is 1. The Morgan fingerprint density at radius 1 is 1.22 bits per heavy atom. The van der Waals surface area contributed by atoms with Gasteiger partial charge in [-0.05, 0) is 19.4 Å². The molecule has 0 aromatic heterocycles. The molecule has 0 aliphatic carbocycles. The number of benzene rings is 1. The number of rotatable bonds is 6. The summed E-state index contributed by atoms with van der Waals surface area (Å²) in [7, 11) is 0. The Hall–Kier alpha value is -1.68. The highest BCUT2D eigenvalue weighted by Crippen LogP contribution is 2.21. The number of esters is 1. The molecule has 1 N–H and O–H groups in total. The number of carbonyl (C=O) groups is 2. The van der Waals surface area contributed by atoms with Gasteiger partial charge < -0.3 is 10.1 Å². The average molecular weight is 249 g/mol. The van der Waals surface area contributed by atoms with Gasteiger partial charge in [0.1, 0.15) is 11.9 Å². The predicted molar refractivity (Wildman–Crippen MR) is 69.1 cm³/mol. The Labute approximate surface area is 107 Å². The van der Waals surface area contributed by atoms with Gasteiger partial charge in [-0.3, -0.25) is 9.59 Å². The lowest BCUT2D eigenvalue weighted by molar-refractivity contribution is -0.148. The maximum absolute atomic E-state index is 11.2. The van der Waals surface area contributed by atoms with E-state index in [2.05, 4.69) is 5.32 Å². The Bertz CT molecular complexity index is 403. The number of nitrogens with one attached hydrogen (secondary N) is 1. The summed E-state index contributed by atoms with van der Waals surface area (Å²) >= 11 is 0. The van der Waals surface area contributed by atoms with Crippen molar-refractivity contribution in [3.63, 3.8) is 0 Å². The summed E-state index contributed by atoms with van der Waals surface area (Å²) < 4.78 is 5.32. The van der Waals surface area contributed by atoms with E-state index in [1.165, 1.54) is 13.8 Å². The fourth-order valence-corrected chi connectivity index (χ4v) is 1.69. The van der Waals surface area contributed by atoms with Crippen molar-refractivity contribution in [1.29, 1.82) is 0 Å². The van der Waals surface area contributed by atoms with Crippen LogP contribution in [0, 0.1) is 0 Å². The van der Waals surface area contributed by atoms with Gasteiger partial charge in [-0.15, -0.1) is 0 Å². The lowest BCUT2D eigenvalue weighted by Crippen LogP contribution is -2.37. The zero-order valence-electron chi connectivity index (χ0n) is 11.0. The monoisotopic (exact) mass is 249 g/mol. The Balaban J connectivity index is 2.78. The van der Waals surface area contributed by atoms with E-state index in [4.69, 9.17) is 4.74 Å². The van der Waals surface area contributed by atoms with E-state index < -0.39 is 0 Å². The largest absolute Gasteiger partial charge is 0.456 e. The molecule has 0 aliphatic heterocycles. The van der Waals surface area contributed by atoms with Crippen LogP contribution in [0.2, 0.25) is 0 Å². The van der Waals surface area contributed by atoms with Crippen molar-refractivity contribution in [2.24, 2.45) is 0 Å². The minimum Gasteiger partial charge on any atom is -0.456 e. The first-order valence-electron chi connectivity index (χ1n) is 5.95. The summed E-state index contributed by atoms with van der Waals surface area (Å²) in [5.41, 5.74) is 0.913. The van der Waals surface area contributed by atoms with Crippen LogP contribution in [0.1, 0.15) is 32.4 Å². The fourth-order valence-electron chi connectivity index (χ4n) is 1.69. The van der Waals surface area contributed by atoms with Crippen LogP contribution in [0.3, 0.4) is 0 Å². The highest BCUT2D eigenvalue weighted by atomic mass is 16.5. The van der Waals surface area contributed by atoms with E-state index in [0.717, 1.165) is 5.56 Å². The van der Waals surface area contributed by atoms with Crippen LogP contribution in [0.4, 0.5) is 0 Å². The van der Waals surface area contributed by atoms with Crippen LogP contribution in [-0.2, 0) is 14.3 Å². The normalized spacial score (nSPS) is 13.7. The van der Waals surface area contributed by atoms with Crippen molar-refractivity contribution in [2.45, 2.75) is 32.9 Å². The molecule has 0 fully saturated rings. The molecule has 0 amide bonds. The third kappa shape index (κ3) is 4.67. The second-order valence-electron chi connectivity index (χ2n) is 4.31. The molecule has 98 valence electrons. The van der Waals surface area contributed by atoms with E-state index in [-0.39, 0.29) is 30.4 Å². The molecule has 0 radical (unpaired) electrons. The van der Waals surface area contributed by atoms with Crippen LogP contribution in [-0.4, -0.2) is 24.3 Å². The van der Waals surface area contributed by atoms with Gasteiger partial charge in [-0.25, -0.2) is 0 Å². The van der Waals surface area contributed by atoms with Crippen molar-refractivity contribution in [3.8, 4) is 0 Å². The van der Waals surface area contributed by atoms with E-state index >= 15 is 0 Å². The van der Waals surface area contributed by atoms with E-state index in [1.807, 2.05) is 37.3 Å². The van der Waals surface area contributed by atoms with Crippen LogP contribution in [0.25, 0.3) is 0 Å². The van der Waals surface area contributed by atoms with Gasteiger partial charge >= 0.3 is 5.97 Å². The molecule has 18 heavy (non-hydrogen) atoms. The first kappa shape index (κ1) is 14.4. The van der Waals surface area contributed by atoms with Crippen LogP contribution in [0.5, 0.6) is 0 Å². The molecule has 4 nitrogen and oxygen atoms in total. The third-order valence-electron chi connectivity index (χ3n) is 2.55. The molecule has 1 rings (SSSR count). The van der Waals surface area contributed by atoms with E-state index in [0.29, 0.717) is 0 Å². The predicted octanol–water partition coefficient (Wildman–Crippen LogP) is 1.86. The fraction of sp³-hybridized carbons (Fsp3) is 0.429. The van der Waals surface area contributed by atoms with E-state index in [1.54, 1.807) is 0 Å². The molecule has 0 aliphatic rings. The van der Waals surface area contributed by atoms with Crippen molar-refractivity contribution in [3.05, 3.63) is 35.9 Å². The molecular weight excluding hydrogens is 230 g/mol. The topological polar surface area (TPSA) is 55.4 Å². The number of ketones is 1. The Morgan fingerprint density at radius 2 is 1.83 bits per heavy atom. The second kappa shape index (κ2) is 6.91. The lowest BCUT2D eigenvalue weighted by Gasteiger charge is -2.24. The number of ether oxygens (including phenoxy) is 1. The van der Waals surface area contributed by atoms with Gasteiger partial charge in [0, 0.05) is 13.0 Å². The van der Waals surface area contributed by atoms with Crippen molar-refractivity contribution < 1.29 is 14.3 Å². The van der Waals surface area contributed by atoms with Crippen molar-refractivity contribution in [2.75, 3.05) is 6.54 Å². The molecule has 4 heteroatoms. The molecule has 0 saturated heterocycles. The first-order valence-corrected chi connectivity index (χ1v) is 5.95. The minimum atomic E-state index is -0.386. The molecule has 2 unspecified atom stereocenters. The summed E-state index contributed by atoms with van der Waals surface area (Å²) in [4.78, 5) is 22.1. The summed E-state index contributed by atoms with van der Waals surface area (Å²) in [6.45, 7) is 5.06. The Morgan fingerprint density at radius 3 is 2.33 bits per heavy atom. The quantitative estimate of drug-likeness (QED) is 0.782. The molecule has 0 bridgehead atoms. The van der Waals surface area contributed by atoms with Gasteiger partial charge in [0.25, 0.3) is 0 Å². The third-order valence-corrected chi connectivity index (χ3v) is 2.55. The highest BCUT2D eigenvalue weighted by molar-refractivity contribution is 5.77. The first-order chi connectivity index (χ1) is 8.50. The lowest BCUT2D eigenvalue weighted by atomic mass is 10.0. The minimum absolute atomic E-state index is 0.0523. The Kier molecular flexibility index (Phi) is 5.52. The SMILES string of the molecule is CC(=O)CNC(C)C(OC(C)=O)c1ccccc1. The maximum Gasteiger partial charge on any atom is 0.303 e. The highest BCUT2D eigenvalue weighted by Gasteiger charge is 2.21. The summed E-state index contributed by atoms with van der Waals surface area (Å²) in [5, 5.41) is 3.06. The molecule has 1 aromatic rings. The molecule has 1 aromatic carbocycles. The molecule has 2 atom stereocenters. The molecule has 0 heterocycles. The van der Waals surface area contributed by atoms with Crippen molar-refractivity contribution >= 4 is 11.8 Å². The van der Waals surface area contributed by atoms with Gasteiger partial charge in [-0.2, -0.15) is 0 Å². The summed E-state index contributed by atoms with van der Waals surface area (Å²) in [6, 6.07) is 9.37. The maximum atomic E-state index is 11.2. The molecular formula is C14H19NO3. The molecule has 0 spiro atoms. The van der Waals surface area contributed by atoms with Gasteiger partial charge in [0.05, 0.1) is 6.54 Å². The van der Waals surface area contributed by atoms with Crippen LogP contribution >= 0.6 is 0 Å². The van der Waals surface area contributed by atoms with E-state index in [9.17, 15) is 9.59 Å². The zero-order chi connectivity index (χ0) is 13.5. The standard InChI is InChI=1S/C14H19NO3/c1-10(16)9-15-11(2)14(18-12(3)17)13-7-5-4-6-8-13/h4-8,11,14-15H,9H2,1-3H3. The smallest absolute Gasteiger partial charge is 0.303 e. The van der Waals surface area contributed by atoms with Crippen LogP contribution in [0.15, 0.2) is 30.3 Å². The van der Waals surface area contributed by atoms with Gasteiger partial charge in [-0.1, -0.05) is 30.3 Å².